The highest BCUT2D eigenvalue weighted by Crippen LogP contribution is 2.79. The third kappa shape index (κ3) is 3.91. The lowest BCUT2D eigenvalue weighted by molar-refractivity contribution is -0.0257. The van der Waals surface area contributed by atoms with Gasteiger partial charge >= 0.3 is 0 Å². The van der Waals surface area contributed by atoms with Crippen LogP contribution in [0.3, 0.4) is 0 Å². The molecule has 0 amide bonds. The minimum atomic E-state index is -1.22. The third-order valence-corrected chi connectivity index (χ3v) is 10.6. The Bertz CT molecular complexity index is 1940. The smallest absolute Gasteiger partial charge is 0.0967 e. The molecule has 1 N–H and O–H groups in total. The van der Waals surface area contributed by atoms with Gasteiger partial charge in [0.05, 0.1) is 16.4 Å². The summed E-state index contributed by atoms with van der Waals surface area (Å²) in [6, 6.07) is 64.9. The molecule has 0 heterocycles. The highest BCUT2D eigenvalue weighted by atomic mass is 16.3. The second kappa shape index (κ2) is 10.9. The zero-order valence-electron chi connectivity index (χ0n) is 25.3. The molecule has 0 saturated heterocycles. The Balaban J connectivity index is 1.61. The van der Waals surface area contributed by atoms with Gasteiger partial charge in [0.15, 0.2) is 0 Å². The molecule has 0 aromatic heterocycles. The van der Waals surface area contributed by atoms with Gasteiger partial charge in [0.1, 0.15) is 0 Å². The van der Waals surface area contributed by atoms with Gasteiger partial charge in [-0.1, -0.05) is 182 Å². The normalized spacial score (nSPS) is 25.4. The van der Waals surface area contributed by atoms with Gasteiger partial charge in [-0.05, 0) is 50.9 Å². The Morgan fingerprint density at radius 2 is 0.889 bits per heavy atom. The van der Waals surface area contributed by atoms with Crippen molar-refractivity contribution in [2.24, 2.45) is 0 Å². The van der Waals surface area contributed by atoms with Crippen molar-refractivity contribution in [3.05, 3.63) is 215 Å². The van der Waals surface area contributed by atoms with Gasteiger partial charge in [0, 0.05) is 12.3 Å². The first-order chi connectivity index (χ1) is 22.2. The van der Waals surface area contributed by atoms with Gasteiger partial charge in [0.25, 0.3) is 0 Å². The van der Waals surface area contributed by atoms with E-state index >= 15 is 0 Å². The number of rotatable bonds is 7. The number of hydrogen-bond donors (Lipinski definition) is 1. The predicted molar refractivity (Wildman–Crippen MR) is 185 cm³/mol. The Morgan fingerprint density at radius 1 is 0.467 bits per heavy atom. The largest absolute Gasteiger partial charge is 0.387 e. The van der Waals surface area contributed by atoms with Gasteiger partial charge in [-0.25, -0.2) is 0 Å². The van der Waals surface area contributed by atoms with Crippen LogP contribution in [0.25, 0.3) is 11.1 Å². The van der Waals surface area contributed by atoms with Crippen LogP contribution in [-0.4, -0.2) is 10.7 Å². The van der Waals surface area contributed by atoms with Crippen LogP contribution in [-0.2, 0) is 17.3 Å². The first-order valence-electron chi connectivity index (χ1n) is 16.0. The van der Waals surface area contributed by atoms with E-state index < -0.39 is 16.4 Å². The fourth-order valence-corrected chi connectivity index (χ4v) is 9.07. The molecule has 1 heteroatoms. The zero-order chi connectivity index (χ0) is 30.3. The predicted octanol–water partition coefficient (Wildman–Crippen LogP) is 9.65. The Labute approximate surface area is 266 Å². The third-order valence-electron chi connectivity index (χ3n) is 10.6. The maximum Gasteiger partial charge on any atom is 0.0967 e. The fourth-order valence-electron chi connectivity index (χ4n) is 9.07. The van der Waals surface area contributed by atoms with E-state index in [1.54, 1.807) is 0 Å². The molecule has 1 nitrogen and oxygen atoms in total. The summed E-state index contributed by atoms with van der Waals surface area (Å²) >= 11 is 0. The molecule has 218 valence electrons. The average Bonchev–Trinajstić information content (AvgIpc) is 3.47. The van der Waals surface area contributed by atoms with Gasteiger partial charge in [-0.15, -0.1) is 0 Å². The van der Waals surface area contributed by atoms with Gasteiger partial charge < -0.3 is 5.11 Å². The first kappa shape index (κ1) is 27.6. The lowest BCUT2D eigenvalue weighted by Crippen LogP contribution is -2.57. The highest BCUT2D eigenvalue weighted by molar-refractivity contribution is 6.07. The zero-order valence-corrected chi connectivity index (χ0v) is 25.3. The molecule has 2 aliphatic rings. The lowest BCUT2D eigenvalue weighted by atomic mass is 9.57. The molecule has 0 spiro atoms. The fraction of sp³-hybridized carbons (Fsp3) is 0.136. The topological polar surface area (TPSA) is 20.2 Å². The molecular formula is C44H36O. The van der Waals surface area contributed by atoms with Crippen LogP contribution in [0.2, 0.25) is 0 Å². The van der Waals surface area contributed by atoms with E-state index in [4.69, 9.17) is 0 Å². The van der Waals surface area contributed by atoms with Gasteiger partial charge in [-0.3, -0.25) is 0 Å². The molecule has 2 aliphatic carbocycles. The summed E-state index contributed by atoms with van der Waals surface area (Å²) in [5, 5.41) is 14.4. The van der Waals surface area contributed by atoms with Crippen molar-refractivity contribution < 1.29 is 5.11 Å². The number of fused-ring (bicyclic) bond motifs is 2. The van der Waals surface area contributed by atoms with E-state index in [9.17, 15) is 5.11 Å². The molecule has 8 rings (SSSR count). The van der Waals surface area contributed by atoms with Crippen molar-refractivity contribution in [1.29, 1.82) is 0 Å². The van der Waals surface area contributed by atoms with Crippen LogP contribution < -0.4 is 0 Å². The summed E-state index contributed by atoms with van der Waals surface area (Å²) in [7, 11) is 0. The van der Waals surface area contributed by atoms with Crippen LogP contribution in [0.1, 0.15) is 45.7 Å². The van der Waals surface area contributed by atoms with E-state index in [0.29, 0.717) is 6.42 Å². The maximum atomic E-state index is 14.4. The van der Waals surface area contributed by atoms with Crippen LogP contribution in [0, 0.1) is 0 Å². The number of aliphatic hydroxyl groups is 1. The van der Waals surface area contributed by atoms with Gasteiger partial charge in [-0.2, -0.15) is 0 Å². The lowest BCUT2D eigenvalue weighted by Gasteiger charge is -2.48. The Kier molecular flexibility index (Phi) is 6.66. The molecule has 4 unspecified atom stereocenters. The quantitative estimate of drug-likeness (QED) is 0.199. The van der Waals surface area contributed by atoms with Gasteiger partial charge in [0.2, 0.25) is 0 Å². The molecule has 1 fully saturated rings. The SMILES string of the molecule is OC1(Cc2ccccc2)C2(c3ccccc3)CC(c3ccccc3)C1(c1ccccc1)C(c1ccccc1)=C2c1ccccc1. The van der Waals surface area contributed by atoms with E-state index in [1.807, 2.05) is 0 Å². The summed E-state index contributed by atoms with van der Waals surface area (Å²) in [5.41, 5.74) is 6.77. The van der Waals surface area contributed by atoms with Crippen molar-refractivity contribution in [1.82, 2.24) is 0 Å². The molecule has 6 aromatic rings. The second-order valence-corrected chi connectivity index (χ2v) is 12.6. The maximum absolute atomic E-state index is 14.4. The van der Waals surface area contributed by atoms with Crippen molar-refractivity contribution in [3.63, 3.8) is 0 Å². The number of benzene rings is 6. The van der Waals surface area contributed by atoms with E-state index in [-0.39, 0.29) is 5.92 Å². The van der Waals surface area contributed by atoms with Crippen LogP contribution in [0.5, 0.6) is 0 Å². The summed E-state index contributed by atoms with van der Waals surface area (Å²) in [6.45, 7) is 0. The van der Waals surface area contributed by atoms with Crippen molar-refractivity contribution in [2.45, 2.75) is 35.2 Å². The Hall–Kier alpha value is -4.98. The minimum Gasteiger partial charge on any atom is -0.387 e. The summed E-state index contributed by atoms with van der Waals surface area (Å²) < 4.78 is 0. The summed E-state index contributed by atoms with van der Waals surface area (Å²) in [4.78, 5) is 0. The molecular weight excluding hydrogens is 544 g/mol. The molecule has 6 aromatic carbocycles. The first-order valence-corrected chi connectivity index (χ1v) is 16.0. The average molecular weight is 581 g/mol. The van der Waals surface area contributed by atoms with Crippen molar-refractivity contribution in [2.75, 3.05) is 0 Å². The molecule has 45 heavy (non-hydrogen) atoms. The highest BCUT2D eigenvalue weighted by Gasteiger charge is 2.79. The molecule has 1 saturated carbocycles. The monoisotopic (exact) mass is 580 g/mol. The molecule has 4 atom stereocenters. The molecule has 0 radical (unpaired) electrons. The minimum absolute atomic E-state index is 0.0117. The summed E-state index contributed by atoms with van der Waals surface area (Å²) in [5.74, 6) is 0.0117. The Morgan fingerprint density at radius 3 is 1.42 bits per heavy atom. The van der Waals surface area contributed by atoms with E-state index in [0.717, 1.165) is 34.2 Å². The van der Waals surface area contributed by atoms with E-state index in [1.165, 1.54) is 16.7 Å². The van der Waals surface area contributed by atoms with Crippen LogP contribution in [0.4, 0.5) is 0 Å². The summed E-state index contributed by atoms with van der Waals surface area (Å²) in [6.07, 6.45) is 1.29. The van der Waals surface area contributed by atoms with Crippen molar-refractivity contribution >= 4 is 11.1 Å². The second-order valence-electron chi connectivity index (χ2n) is 12.6. The standard InChI is InChI=1S/C44H36O/c45-43(31-33-19-7-1-8-20-33)42(37-27-15-5-16-28-37)32-39(34-21-9-2-10-22-34)44(43,38-29-17-6-18-30-38)41(36-25-13-4-14-26-36)40(42)35-23-11-3-12-24-35/h1-30,39,45H,31-32H2. The van der Waals surface area contributed by atoms with Crippen molar-refractivity contribution in [3.8, 4) is 0 Å². The van der Waals surface area contributed by atoms with Crippen LogP contribution in [0.15, 0.2) is 182 Å². The van der Waals surface area contributed by atoms with Crippen LogP contribution >= 0.6 is 0 Å². The number of hydrogen-bond acceptors (Lipinski definition) is 1. The molecule has 0 aliphatic heterocycles. The molecule has 2 bridgehead atoms. The van der Waals surface area contributed by atoms with E-state index in [2.05, 4.69) is 182 Å².